The summed E-state index contributed by atoms with van der Waals surface area (Å²) in [4.78, 5) is 10.6. The maximum atomic E-state index is 10.6. The van der Waals surface area contributed by atoms with Crippen LogP contribution in [0, 0.1) is 0 Å². The molecule has 0 aromatic carbocycles. The van der Waals surface area contributed by atoms with Gasteiger partial charge in [0.05, 0.1) is 12.5 Å². The molecule has 0 radical (unpaired) electrons. The van der Waals surface area contributed by atoms with Crippen molar-refractivity contribution >= 4 is 17.7 Å². The van der Waals surface area contributed by atoms with Gasteiger partial charge < -0.3 is 14.2 Å². The van der Waals surface area contributed by atoms with E-state index in [-0.39, 0.29) is 23.8 Å². The third kappa shape index (κ3) is 3.64. The Morgan fingerprint density at radius 2 is 2.38 bits per heavy atom. The van der Waals surface area contributed by atoms with Crippen molar-refractivity contribution < 1.29 is 19.0 Å². The molecule has 0 bridgehead atoms. The molecule has 0 amide bonds. The number of hydrogen-bond acceptors (Lipinski definition) is 5. The van der Waals surface area contributed by atoms with Crippen LogP contribution < -0.4 is 0 Å². The van der Waals surface area contributed by atoms with Crippen LogP contribution in [0.25, 0.3) is 0 Å². The Morgan fingerprint density at radius 1 is 1.56 bits per heavy atom. The largest absolute Gasteiger partial charge is 0.451 e. The number of carbonyl (C=O) groups is 1. The summed E-state index contributed by atoms with van der Waals surface area (Å²) in [7, 11) is 0. The number of esters is 1. The second-order valence-electron chi connectivity index (χ2n) is 4.20. The van der Waals surface area contributed by atoms with Gasteiger partial charge in [-0.25, -0.2) is 0 Å². The quantitative estimate of drug-likeness (QED) is 0.693. The van der Waals surface area contributed by atoms with Crippen molar-refractivity contribution in [3.8, 4) is 0 Å². The average molecular weight is 246 g/mol. The summed E-state index contributed by atoms with van der Waals surface area (Å²) < 4.78 is 16.2. The first-order valence-electron chi connectivity index (χ1n) is 5.82. The van der Waals surface area contributed by atoms with Gasteiger partial charge in [0.1, 0.15) is 0 Å². The molecular formula is C11H18O4S. The van der Waals surface area contributed by atoms with E-state index >= 15 is 0 Å². The van der Waals surface area contributed by atoms with Crippen LogP contribution in [0.3, 0.4) is 0 Å². The standard InChI is InChI=1S/C11H18O4S/c1-8(7-16-11-6-9(12)15-11)14-10-4-2-3-5-13-10/h8,10-11H,2-7H2,1H3. The zero-order valence-corrected chi connectivity index (χ0v) is 10.3. The minimum atomic E-state index is -0.0957. The number of hydrogen-bond donors (Lipinski definition) is 0. The van der Waals surface area contributed by atoms with Gasteiger partial charge in [-0.2, -0.15) is 0 Å². The Morgan fingerprint density at radius 3 is 3.00 bits per heavy atom. The molecule has 92 valence electrons. The van der Waals surface area contributed by atoms with Gasteiger partial charge in [-0.1, -0.05) is 0 Å². The molecule has 16 heavy (non-hydrogen) atoms. The first kappa shape index (κ1) is 12.2. The number of carbonyl (C=O) groups excluding carboxylic acids is 1. The number of cyclic esters (lactones) is 1. The summed E-state index contributed by atoms with van der Waals surface area (Å²) in [6, 6.07) is 0. The van der Waals surface area contributed by atoms with Gasteiger partial charge in [0.2, 0.25) is 0 Å². The van der Waals surface area contributed by atoms with Crippen LogP contribution in [0.1, 0.15) is 32.6 Å². The summed E-state index contributed by atoms with van der Waals surface area (Å²) in [6.07, 6.45) is 3.97. The van der Waals surface area contributed by atoms with E-state index in [2.05, 4.69) is 0 Å². The van der Waals surface area contributed by atoms with Gasteiger partial charge in [0.15, 0.2) is 11.7 Å². The molecule has 0 saturated carbocycles. The molecular weight excluding hydrogens is 228 g/mol. The van der Waals surface area contributed by atoms with E-state index in [0.29, 0.717) is 6.42 Å². The molecule has 2 heterocycles. The Kier molecular flexibility index (Phi) is 4.49. The minimum Gasteiger partial charge on any atom is -0.451 e. The van der Waals surface area contributed by atoms with Gasteiger partial charge in [-0.05, 0) is 26.2 Å². The lowest BCUT2D eigenvalue weighted by molar-refractivity contribution is -0.179. The summed E-state index contributed by atoms with van der Waals surface area (Å²) >= 11 is 1.64. The molecule has 3 atom stereocenters. The van der Waals surface area contributed by atoms with E-state index in [4.69, 9.17) is 14.2 Å². The highest BCUT2D eigenvalue weighted by Gasteiger charge is 2.29. The van der Waals surface area contributed by atoms with Crippen molar-refractivity contribution in [1.82, 2.24) is 0 Å². The van der Waals surface area contributed by atoms with E-state index < -0.39 is 0 Å². The zero-order chi connectivity index (χ0) is 11.4. The fourth-order valence-electron chi connectivity index (χ4n) is 1.73. The Hall–Kier alpha value is -0.260. The van der Waals surface area contributed by atoms with E-state index in [0.717, 1.165) is 25.2 Å². The molecule has 2 aliphatic rings. The van der Waals surface area contributed by atoms with Crippen LogP contribution in [-0.4, -0.2) is 36.2 Å². The summed E-state index contributed by atoms with van der Waals surface area (Å²) in [5.74, 6) is 0.749. The smallest absolute Gasteiger partial charge is 0.311 e. The molecule has 0 N–H and O–H groups in total. The SMILES string of the molecule is CC(CSC1CC(=O)O1)OC1CCCCO1. The number of ether oxygens (including phenoxy) is 3. The molecule has 0 spiro atoms. The summed E-state index contributed by atoms with van der Waals surface area (Å²) in [5, 5.41) is 0. The first-order valence-corrected chi connectivity index (χ1v) is 6.87. The highest BCUT2D eigenvalue weighted by atomic mass is 32.2. The summed E-state index contributed by atoms with van der Waals surface area (Å²) in [5.41, 5.74) is 0.0471. The normalized spacial score (nSPS) is 31.7. The van der Waals surface area contributed by atoms with Gasteiger partial charge in [0, 0.05) is 12.4 Å². The lowest BCUT2D eigenvalue weighted by Gasteiger charge is -2.28. The van der Waals surface area contributed by atoms with E-state index in [9.17, 15) is 4.79 Å². The fourth-order valence-corrected chi connectivity index (χ4v) is 2.72. The van der Waals surface area contributed by atoms with Crippen molar-refractivity contribution in [3.63, 3.8) is 0 Å². The molecule has 0 aromatic heterocycles. The van der Waals surface area contributed by atoms with Crippen LogP contribution in [0.5, 0.6) is 0 Å². The van der Waals surface area contributed by atoms with Crippen molar-refractivity contribution in [1.29, 1.82) is 0 Å². The third-order valence-electron chi connectivity index (χ3n) is 2.64. The number of rotatable bonds is 5. The molecule has 0 aromatic rings. The predicted octanol–water partition coefficient (Wildman–Crippen LogP) is 1.92. The van der Waals surface area contributed by atoms with Crippen LogP contribution >= 0.6 is 11.8 Å². The maximum absolute atomic E-state index is 10.6. The van der Waals surface area contributed by atoms with Crippen molar-refractivity contribution in [2.24, 2.45) is 0 Å². The van der Waals surface area contributed by atoms with Crippen molar-refractivity contribution in [3.05, 3.63) is 0 Å². The van der Waals surface area contributed by atoms with Crippen molar-refractivity contribution in [2.75, 3.05) is 12.4 Å². The van der Waals surface area contributed by atoms with E-state index in [1.165, 1.54) is 6.42 Å². The van der Waals surface area contributed by atoms with Gasteiger partial charge in [0.25, 0.3) is 0 Å². The molecule has 2 fully saturated rings. The molecule has 5 heteroatoms. The molecule has 3 unspecified atom stereocenters. The lowest BCUT2D eigenvalue weighted by atomic mass is 10.2. The van der Waals surface area contributed by atoms with Gasteiger partial charge in [-0.3, -0.25) is 4.79 Å². The number of thioether (sulfide) groups is 1. The molecule has 2 rings (SSSR count). The predicted molar refractivity (Wildman–Crippen MR) is 61.1 cm³/mol. The molecule has 2 aliphatic heterocycles. The van der Waals surface area contributed by atoms with Gasteiger partial charge in [-0.15, -0.1) is 11.8 Å². The minimum absolute atomic E-state index is 0.0340. The first-order chi connectivity index (χ1) is 7.74. The Bertz CT molecular complexity index is 232. The molecule has 2 saturated heterocycles. The highest BCUT2D eigenvalue weighted by molar-refractivity contribution is 7.99. The van der Waals surface area contributed by atoms with Crippen molar-refractivity contribution in [2.45, 2.75) is 50.4 Å². The molecule has 4 nitrogen and oxygen atoms in total. The average Bonchev–Trinajstić information content (AvgIpc) is 2.24. The summed E-state index contributed by atoms with van der Waals surface area (Å²) in [6.45, 7) is 2.84. The maximum Gasteiger partial charge on any atom is 0.311 e. The topological polar surface area (TPSA) is 44.8 Å². The van der Waals surface area contributed by atoms with E-state index in [1.807, 2.05) is 6.92 Å². The highest BCUT2D eigenvalue weighted by Crippen LogP contribution is 2.27. The monoisotopic (exact) mass is 246 g/mol. The Labute approximate surface area is 100 Å². The fraction of sp³-hybridized carbons (Fsp3) is 0.909. The van der Waals surface area contributed by atoms with Gasteiger partial charge >= 0.3 is 5.97 Å². The molecule has 0 aliphatic carbocycles. The van der Waals surface area contributed by atoms with Crippen LogP contribution in [-0.2, 0) is 19.0 Å². The zero-order valence-electron chi connectivity index (χ0n) is 9.52. The third-order valence-corrected chi connectivity index (χ3v) is 3.93. The van der Waals surface area contributed by atoms with Crippen LogP contribution in [0.15, 0.2) is 0 Å². The van der Waals surface area contributed by atoms with Crippen LogP contribution in [0.2, 0.25) is 0 Å². The van der Waals surface area contributed by atoms with E-state index in [1.54, 1.807) is 11.8 Å². The Balaban J connectivity index is 1.56. The van der Waals surface area contributed by atoms with Crippen LogP contribution in [0.4, 0.5) is 0 Å². The second-order valence-corrected chi connectivity index (χ2v) is 5.39. The second kappa shape index (κ2) is 5.89. The lowest BCUT2D eigenvalue weighted by Crippen LogP contribution is -2.32.